The Morgan fingerprint density at radius 2 is 1.82 bits per heavy atom. The third-order valence-electron chi connectivity index (χ3n) is 4.60. The maximum absolute atomic E-state index is 3.72. The van der Waals surface area contributed by atoms with Gasteiger partial charge in [-0.3, -0.25) is 0 Å². The molecule has 0 amide bonds. The van der Waals surface area contributed by atoms with Crippen molar-refractivity contribution in [2.24, 2.45) is 17.3 Å². The van der Waals surface area contributed by atoms with Gasteiger partial charge in [-0.15, -0.1) is 0 Å². The molecule has 17 heavy (non-hydrogen) atoms. The summed E-state index contributed by atoms with van der Waals surface area (Å²) < 4.78 is 0. The van der Waals surface area contributed by atoms with Gasteiger partial charge in [0.2, 0.25) is 0 Å². The van der Waals surface area contributed by atoms with Crippen molar-refractivity contribution in [1.29, 1.82) is 0 Å². The number of nitrogens with one attached hydrogen (secondary N) is 1. The summed E-state index contributed by atoms with van der Waals surface area (Å²) in [5, 5.41) is 3.72. The second-order valence-electron chi connectivity index (χ2n) is 6.94. The molecular formula is C16H33N. The summed E-state index contributed by atoms with van der Waals surface area (Å²) >= 11 is 0. The lowest BCUT2D eigenvalue weighted by atomic mass is 9.66. The van der Waals surface area contributed by atoms with E-state index in [2.05, 4.69) is 39.9 Å². The van der Waals surface area contributed by atoms with Crippen molar-refractivity contribution in [2.75, 3.05) is 6.54 Å². The van der Waals surface area contributed by atoms with Crippen LogP contribution in [0.4, 0.5) is 0 Å². The van der Waals surface area contributed by atoms with Gasteiger partial charge in [-0.1, -0.05) is 47.5 Å². The third kappa shape index (κ3) is 4.62. The summed E-state index contributed by atoms with van der Waals surface area (Å²) in [6, 6.07) is 0.796. The highest BCUT2D eigenvalue weighted by atomic mass is 14.9. The Balaban J connectivity index is 2.56. The molecule has 0 aromatic heterocycles. The van der Waals surface area contributed by atoms with Crippen LogP contribution in [-0.2, 0) is 0 Å². The quantitative estimate of drug-likeness (QED) is 0.738. The van der Waals surface area contributed by atoms with E-state index in [4.69, 9.17) is 0 Å². The van der Waals surface area contributed by atoms with E-state index in [1.807, 2.05) is 0 Å². The third-order valence-corrected chi connectivity index (χ3v) is 4.60. The molecule has 0 aromatic rings. The molecular weight excluding hydrogens is 206 g/mol. The predicted octanol–water partition coefficient (Wildman–Crippen LogP) is 4.62. The first-order chi connectivity index (χ1) is 7.99. The molecule has 1 rings (SSSR count). The summed E-state index contributed by atoms with van der Waals surface area (Å²) in [7, 11) is 0. The monoisotopic (exact) mass is 239 g/mol. The molecule has 1 aliphatic rings. The molecule has 0 heterocycles. The molecule has 1 N–H and O–H groups in total. The molecule has 1 fully saturated rings. The van der Waals surface area contributed by atoms with Gasteiger partial charge in [-0.05, 0) is 49.5 Å². The molecule has 1 heteroatoms. The Morgan fingerprint density at radius 1 is 1.12 bits per heavy atom. The van der Waals surface area contributed by atoms with Crippen LogP contribution in [0.5, 0.6) is 0 Å². The van der Waals surface area contributed by atoms with Crippen molar-refractivity contribution in [3.63, 3.8) is 0 Å². The zero-order valence-corrected chi connectivity index (χ0v) is 12.7. The SMILES string of the molecule is CCCCC1CC(C(C)(C)C)CCC1NCC. The minimum absolute atomic E-state index is 0.502. The molecule has 0 spiro atoms. The van der Waals surface area contributed by atoms with Gasteiger partial charge in [-0.25, -0.2) is 0 Å². The fraction of sp³-hybridized carbons (Fsp3) is 1.00. The normalized spacial score (nSPS) is 30.5. The Hall–Kier alpha value is -0.0400. The van der Waals surface area contributed by atoms with E-state index in [0.29, 0.717) is 5.41 Å². The van der Waals surface area contributed by atoms with E-state index in [0.717, 1.165) is 24.4 Å². The van der Waals surface area contributed by atoms with Crippen molar-refractivity contribution < 1.29 is 0 Å². The Kier molecular flexibility index (Phi) is 5.99. The highest BCUT2D eigenvalue weighted by Gasteiger charge is 2.34. The number of hydrogen-bond donors (Lipinski definition) is 1. The van der Waals surface area contributed by atoms with Gasteiger partial charge >= 0.3 is 0 Å². The molecule has 0 radical (unpaired) electrons. The molecule has 0 bridgehead atoms. The van der Waals surface area contributed by atoms with Gasteiger partial charge in [0.1, 0.15) is 0 Å². The molecule has 3 atom stereocenters. The van der Waals surface area contributed by atoms with Crippen LogP contribution in [0, 0.1) is 17.3 Å². The van der Waals surface area contributed by atoms with E-state index >= 15 is 0 Å². The molecule has 0 aromatic carbocycles. The van der Waals surface area contributed by atoms with Crippen molar-refractivity contribution in [3.8, 4) is 0 Å². The number of rotatable bonds is 5. The van der Waals surface area contributed by atoms with Crippen molar-refractivity contribution >= 4 is 0 Å². The van der Waals surface area contributed by atoms with Gasteiger partial charge in [-0.2, -0.15) is 0 Å². The second kappa shape index (κ2) is 6.78. The van der Waals surface area contributed by atoms with Gasteiger partial charge in [0, 0.05) is 6.04 Å². The van der Waals surface area contributed by atoms with Crippen LogP contribution in [-0.4, -0.2) is 12.6 Å². The van der Waals surface area contributed by atoms with Gasteiger partial charge in [0.05, 0.1) is 0 Å². The molecule has 3 unspecified atom stereocenters. The minimum atomic E-state index is 0.502. The van der Waals surface area contributed by atoms with Crippen LogP contribution in [0.1, 0.15) is 73.1 Å². The largest absolute Gasteiger partial charge is 0.314 e. The lowest BCUT2D eigenvalue weighted by molar-refractivity contribution is 0.109. The van der Waals surface area contributed by atoms with E-state index in [-0.39, 0.29) is 0 Å². The zero-order chi connectivity index (χ0) is 12.9. The fourth-order valence-electron chi connectivity index (χ4n) is 3.37. The van der Waals surface area contributed by atoms with E-state index < -0.39 is 0 Å². The van der Waals surface area contributed by atoms with Gasteiger partial charge in [0.15, 0.2) is 0 Å². The van der Waals surface area contributed by atoms with Crippen LogP contribution < -0.4 is 5.32 Å². The van der Waals surface area contributed by atoms with Crippen molar-refractivity contribution in [3.05, 3.63) is 0 Å². The summed E-state index contributed by atoms with van der Waals surface area (Å²) in [5.41, 5.74) is 0.502. The molecule has 1 nitrogen and oxygen atoms in total. The Bertz CT molecular complexity index is 204. The molecule has 102 valence electrons. The molecule has 1 saturated carbocycles. The summed E-state index contributed by atoms with van der Waals surface area (Å²) in [6.45, 7) is 12.9. The Labute approximate surface area is 109 Å². The number of unbranched alkanes of at least 4 members (excludes halogenated alkanes) is 1. The van der Waals surface area contributed by atoms with E-state index in [1.165, 1.54) is 38.5 Å². The van der Waals surface area contributed by atoms with Gasteiger partial charge < -0.3 is 5.32 Å². The van der Waals surface area contributed by atoms with Crippen LogP contribution in [0.3, 0.4) is 0 Å². The van der Waals surface area contributed by atoms with Crippen LogP contribution in [0.25, 0.3) is 0 Å². The standard InChI is InChI=1S/C16H33N/c1-6-8-9-13-12-14(16(3,4)5)10-11-15(13)17-7-2/h13-15,17H,6-12H2,1-5H3. The molecule has 0 aliphatic heterocycles. The van der Waals surface area contributed by atoms with E-state index in [1.54, 1.807) is 0 Å². The molecule has 0 saturated heterocycles. The predicted molar refractivity (Wildman–Crippen MR) is 77.3 cm³/mol. The van der Waals surface area contributed by atoms with Crippen LogP contribution >= 0.6 is 0 Å². The first kappa shape index (κ1) is 15.0. The first-order valence-corrected chi connectivity index (χ1v) is 7.72. The maximum atomic E-state index is 3.72. The Morgan fingerprint density at radius 3 is 2.35 bits per heavy atom. The summed E-state index contributed by atoms with van der Waals surface area (Å²) in [6.07, 6.45) is 8.44. The topological polar surface area (TPSA) is 12.0 Å². The fourth-order valence-corrected chi connectivity index (χ4v) is 3.37. The highest BCUT2D eigenvalue weighted by molar-refractivity contribution is 4.88. The summed E-state index contributed by atoms with van der Waals surface area (Å²) in [4.78, 5) is 0. The average Bonchev–Trinajstić information content (AvgIpc) is 2.26. The summed E-state index contributed by atoms with van der Waals surface area (Å²) in [5.74, 6) is 1.85. The minimum Gasteiger partial charge on any atom is -0.314 e. The van der Waals surface area contributed by atoms with Crippen LogP contribution in [0.2, 0.25) is 0 Å². The van der Waals surface area contributed by atoms with Crippen LogP contribution in [0.15, 0.2) is 0 Å². The highest BCUT2D eigenvalue weighted by Crippen LogP contribution is 2.41. The van der Waals surface area contributed by atoms with Crippen molar-refractivity contribution in [2.45, 2.75) is 79.2 Å². The lowest BCUT2D eigenvalue weighted by Gasteiger charge is -2.42. The van der Waals surface area contributed by atoms with E-state index in [9.17, 15) is 0 Å². The molecule has 1 aliphatic carbocycles. The zero-order valence-electron chi connectivity index (χ0n) is 12.7. The first-order valence-electron chi connectivity index (χ1n) is 7.72. The van der Waals surface area contributed by atoms with Crippen molar-refractivity contribution in [1.82, 2.24) is 5.32 Å². The average molecular weight is 239 g/mol. The smallest absolute Gasteiger partial charge is 0.00954 e. The second-order valence-corrected chi connectivity index (χ2v) is 6.94. The number of hydrogen-bond acceptors (Lipinski definition) is 1. The lowest BCUT2D eigenvalue weighted by Crippen LogP contribution is -2.42. The maximum Gasteiger partial charge on any atom is 0.00954 e. The van der Waals surface area contributed by atoms with Gasteiger partial charge in [0.25, 0.3) is 0 Å².